The summed E-state index contributed by atoms with van der Waals surface area (Å²) in [5.74, 6) is -0.495. The van der Waals surface area contributed by atoms with Crippen molar-refractivity contribution in [3.05, 3.63) is 34.9 Å². The van der Waals surface area contributed by atoms with Gasteiger partial charge in [0, 0.05) is 18.3 Å². The maximum absolute atomic E-state index is 12.8. The first-order valence-electron chi connectivity index (χ1n) is 9.39. The van der Waals surface area contributed by atoms with Gasteiger partial charge >= 0.3 is 0 Å². The van der Waals surface area contributed by atoms with Gasteiger partial charge in [-0.25, -0.2) is 0 Å². The molecular formula is C21H30O5. The molecule has 144 valence electrons. The number of rotatable bonds is 3. The second-order valence-corrected chi connectivity index (χ2v) is 8.46. The van der Waals surface area contributed by atoms with E-state index in [4.69, 9.17) is 4.74 Å². The smallest absolute Gasteiger partial charge is 0.188 e. The van der Waals surface area contributed by atoms with Crippen LogP contribution in [0.2, 0.25) is 0 Å². The number of aliphatic hydroxyl groups is 3. The molecule has 0 spiro atoms. The van der Waals surface area contributed by atoms with Gasteiger partial charge in [0.2, 0.25) is 0 Å². The van der Waals surface area contributed by atoms with Crippen molar-refractivity contribution in [1.82, 2.24) is 0 Å². The lowest BCUT2D eigenvalue weighted by Gasteiger charge is -2.37. The number of fused-ring (bicyclic) bond motifs is 2. The summed E-state index contributed by atoms with van der Waals surface area (Å²) < 4.78 is 5.23. The molecule has 3 N–H and O–H groups in total. The van der Waals surface area contributed by atoms with Crippen molar-refractivity contribution >= 4 is 5.78 Å². The quantitative estimate of drug-likeness (QED) is 0.527. The molecule has 0 amide bonds. The number of hydrogen-bond acceptors (Lipinski definition) is 5. The largest absolute Gasteiger partial charge is 0.392 e. The van der Waals surface area contributed by atoms with Crippen molar-refractivity contribution in [2.45, 2.75) is 57.3 Å². The van der Waals surface area contributed by atoms with Crippen molar-refractivity contribution in [2.75, 3.05) is 13.7 Å². The number of ketones is 1. The van der Waals surface area contributed by atoms with Crippen LogP contribution < -0.4 is 0 Å². The van der Waals surface area contributed by atoms with Crippen molar-refractivity contribution < 1.29 is 24.9 Å². The monoisotopic (exact) mass is 362 g/mol. The van der Waals surface area contributed by atoms with Crippen LogP contribution in [0.5, 0.6) is 0 Å². The Labute approximate surface area is 155 Å². The number of aliphatic hydroxyl groups excluding tert-OH is 1. The molecule has 1 fully saturated rings. The van der Waals surface area contributed by atoms with E-state index in [1.807, 2.05) is 20.8 Å². The van der Waals surface area contributed by atoms with E-state index in [2.05, 4.69) is 6.58 Å². The fourth-order valence-corrected chi connectivity index (χ4v) is 5.02. The number of carbonyl (C=O) groups excluding carboxylic acids is 1. The summed E-state index contributed by atoms with van der Waals surface area (Å²) in [4.78, 5) is 12.8. The van der Waals surface area contributed by atoms with E-state index in [1.54, 1.807) is 6.08 Å². The fraction of sp³-hybridized carbons (Fsp3) is 0.667. The van der Waals surface area contributed by atoms with Crippen LogP contribution in [-0.2, 0) is 9.53 Å². The minimum atomic E-state index is -1.64. The zero-order chi connectivity index (χ0) is 19.4. The third-order valence-corrected chi connectivity index (χ3v) is 6.55. The minimum absolute atomic E-state index is 0.0678. The maximum atomic E-state index is 12.8. The first-order valence-corrected chi connectivity index (χ1v) is 9.39. The van der Waals surface area contributed by atoms with Gasteiger partial charge < -0.3 is 20.1 Å². The van der Waals surface area contributed by atoms with E-state index in [0.717, 1.165) is 0 Å². The van der Waals surface area contributed by atoms with Crippen LogP contribution in [0.3, 0.4) is 0 Å². The van der Waals surface area contributed by atoms with Crippen LogP contribution in [0.15, 0.2) is 34.9 Å². The predicted octanol–water partition coefficient (Wildman–Crippen LogP) is 1.92. The van der Waals surface area contributed by atoms with Gasteiger partial charge in [0.15, 0.2) is 5.78 Å². The summed E-state index contributed by atoms with van der Waals surface area (Å²) in [6.07, 6.45) is 2.37. The lowest BCUT2D eigenvalue weighted by atomic mass is 9.73. The molecule has 3 rings (SSSR count). The summed E-state index contributed by atoms with van der Waals surface area (Å²) in [7, 11) is 1.53. The molecule has 1 saturated carbocycles. The molecule has 0 heterocycles. The highest BCUT2D eigenvalue weighted by Crippen LogP contribution is 2.52. The van der Waals surface area contributed by atoms with Crippen LogP contribution in [0, 0.1) is 17.8 Å². The summed E-state index contributed by atoms with van der Waals surface area (Å²) in [5, 5.41) is 33.5. The number of Topliss-reactive ketones (excluding diaryl/α,β-unsaturated/α-hetero) is 1. The highest BCUT2D eigenvalue weighted by molar-refractivity contribution is 6.14. The highest BCUT2D eigenvalue weighted by atomic mass is 16.5. The number of allylic oxidation sites excluding steroid dienone is 1. The Hall–Kier alpha value is -1.27. The Morgan fingerprint density at radius 2 is 2.04 bits per heavy atom. The lowest BCUT2D eigenvalue weighted by molar-refractivity contribution is -0.112. The SMILES string of the molecule is C=C1C(=O)C(C(C)C)=C2C[C@H](O)[C@H](C)[C@@H]3CC[C@](O)(COC)C3=C[C@@]12O. The van der Waals surface area contributed by atoms with Gasteiger partial charge in [0.1, 0.15) is 11.2 Å². The van der Waals surface area contributed by atoms with Gasteiger partial charge in [-0.2, -0.15) is 0 Å². The van der Waals surface area contributed by atoms with E-state index >= 15 is 0 Å². The Bertz CT molecular complexity index is 703. The standard InChI is InChI=1S/C21H30O5/c1-11(2)18-15-8-17(22)12(3)14-6-7-20(24,10-26-5)16(14)9-21(15,25)13(4)19(18)23/h9,11-12,14,17,22,24-25H,4,6-8,10H2,1-3,5H3/t12-,14+,17+,20+,21-/m1/s1. The summed E-state index contributed by atoms with van der Waals surface area (Å²) in [6.45, 7) is 9.76. The van der Waals surface area contributed by atoms with E-state index in [-0.39, 0.29) is 42.1 Å². The molecule has 26 heavy (non-hydrogen) atoms. The molecule has 5 atom stereocenters. The van der Waals surface area contributed by atoms with Crippen LogP contribution in [-0.4, -0.2) is 52.1 Å². The average molecular weight is 362 g/mol. The Kier molecular flexibility index (Phi) is 4.81. The summed E-state index contributed by atoms with van der Waals surface area (Å²) in [5.41, 5.74) is -1.01. The molecular weight excluding hydrogens is 332 g/mol. The van der Waals surface area contributed by atoms with Crippen LogP contribution in [0.25, 0.3) is 0 Å². The first kappa shape index (κ1) is 19.5. The van der Waals surface area contributed by atoms with Crippen molar-refractivity contribution in [2.24, 2.45) is 17.8 Å². The van der Waals surface area contributed by atoms with Gasteiger partial charge in [-0.1, -0.05) is 27.4 Å². The molecule has 0 aromatic heterocycles. The molecule has 0 radical (unpaired) electrons. The molecule has 0 aliphatic heterocycles. The van der Waals surface area contributed by atoms with E-state index in [1.165, 1.54) is 7.11 Å². The van der Waals surface area contributed by atoms with E-state index in [0.29, 0.717) is 29.6 Å². The second kappa shape index (κ2) is 6.41. The molecule has 5 heteroatoms. The molecule has 5 nitrogen and oxygen atoms in total. The van der Waals surface area contributed by atoms with Gasteiger partial charge in [0.25, 0.3) is 0 Å². The van der Waals surface area contributed by atoms with E-state index < -0.39 is 17.3 Å². The van der Waals surface area contributed by atoms with Crippen molar-refractivity contribution in [1.29, 1.82) is 0 Å². The van der Waals surface area contributed by atoms with Crippen LogP contribution >= 0.6 is 0 Å². The molecule has 3 aliphatic rings. The average Bonchev–Trinajstić information content (AvgIpc) is 2.95. The number of ether oxygens (including phenoxy) is 1. The number of hydrogen-bond donors (Lipinski definition) is 3. The zero-order valence-electron chi connectivity index (χ0n) is 16.1. The van der Waals surface area contributed by atoms with Crippen LogP contribution in [0.1, 0.15) is 40.0 Å². The van der Waals surface area contributed by atoms with Crippen LogP contribution in [0.4, 0.5) is 0 Å². The van der Waals surface area contributed by atoms with Gasteiger partial charge in [0.05, 0.1) is 12.7 Å². The molecule has 0 bridgehead atoms. The summed E-state index contributed by atoms with van der Waals surface area (Å²) >= 11 is 0. The van der Waals surface area contributed by atoms with Crippen molar-refractivity contribution in [3.8, 4) is 0 Å². The first-order chi connectivity index (χ1) is 12.1. The van der Waals surface area contributed by atoms with Gasteiger partial charge in [-0.3, -0.25) is 4.79 Å². The maximum Gasteiger partial charge on any atom is 0.188 e. The fourth-order valence-electron chi connectivity index (χ4n) is 5.02. The highest BCUT2D eigenvalue weighted by Gasteiger charge is 2.54. The molecule has 0 unspecified atom stereocenters. The Morgan fingerprint density at radius 3 is 2.62 bits per heavy atom. The number of methoxy groups -OCH3 is 1. The third kappa shape index (κ3) is 2.64. The molecule has 0 aromatic carbocycles. The second-order valence-electron chi connectivity index (χ2n) is 8.46. The minimum Gasteiger partial charge on any atom is -0.392 e. The van der Waals surface area contributed by atoms with Gasteiger partial charge in [-0.05, 0) is 54.2 Å². The van der Waals surface area contributed by atoms with E-state index in [9.17, 15) is 20.1 Å². The molecule has 0 saturated heterocycles. The number of carbonyl (C=O) groups is 1. The molecule has 0 aromatic rings. The normalized spacial score (nSPS) is 40.5. The third-order valence-electron chi connectivity index (χ3n) is 6.55. The molecule has 3 aliphatic carbocycles. The predicted molar refractivity (Wildman–Crippen MR) is 98.4 cm³/mol. The zero-order valence-corrected chi connectivity index (χ0v) is 16.1. The summed E-state index contributed by atoms with van der Waals surface area (Å²) in [6, 6.07) is 0. The van der Waals surface area contributed by atoms with Crippen molar-refractivity contribution in [3.63, 3.8) is 0 Å². The Morgan fingerprint density at radius 1 is 1.38 bits per heavy atom. The topological polar surface area (TPSA) is 87.0 Å². The lowest BCUT2D eigenvalue weighted by Crippen LogP contribution is -2.41. The van der Waals surface area contributed by atoms with Gasteiger partial charge in [-0.15, -0.1) is 0 Å². The Balaban J connectivity index is 2.25.